The van der Waals surface area contributed by atoms with Crippen molar-refractivity contribution in [3.05, 3.63) is 65.4 Å². The first-order chi connectivity index (χ1) is 12.0. The lowest BCUT2D eigenvalue weighted by atomic mass is 10.0. The maximum atomic E-state index is 11.8. The Morgan fingerprint density at radius 3 is 2.64 bits per heavy atom. The molecule has 0 aliphatic rings. The van der Waals surface area contributed by atoms with Crippen molar-refractivity contribution in [2.45, 2.75) is 6.92 Å². The van der Waals surface area contributed by atoms with E-state index in [4.69, 9.17) is 11.5 Å². The minimum absolute atomic E-state index is 0.267. The monoisotopic (exact) mass is 338 g/mol. The molecule has 0 atom stereocenters. The van der Waals surface area contributed by atoms with E-state index < -0.39 is 0 Å². The molecule has 7 nitrogen and oxygen atoms in total. The normalized spacial score (nSPS) is 12.0. The fraction of sp³-hybridized carbons (Fsp3) is 0.167. The highest BCUT2D eigenvalue weighted by Crippen LogP contribution is 2.22. The van der Waals surface area contributed by atoms with E-state index in [1.165, 1.54) is 6.20 Å². The first kappa shape index (κ1) is 18.0. The molecule has 0 aromatic carbocycles. The van der Waals surface area contributed by atoms with Crippen molar-refractivity contribution in [1.29, 1.82) is 0 Å². The number of carbonyl (C=O) groups excluding carboxylic acids is 1. The number of aromatic nitrogens is 2. The van der Waals surface area contributed by atoms with Gasteiger partial charge in [-0.1, -0.05) is 0 Å². The maximum Gasteiger partial charge on any atom is 0.269 e. The number of amides is 1. The summed E-state index contributed by atoms with van der Waals surface area (Å²) in [6, 6.07) is 5.35. The number of allylic oxidation sites excluding steroid dienone is 2. The number of anilines is 1. The number of hydrogen-bond donors (Lipinski definition) is 4. The predicted molar refractivity (Wildman–Crippen MR) is 100 cm³/mol. The van der Waals surface area contributed by atoms with Gasteiger partial charge >= 0.3 is 0 Å². The number of hydrogen-bond acceptors (Lipinski definition) is 6. The van der Waals surface area contributed by atoms with Gasteiger partial charge in [-0.3, -0.25) is 14.8 Å². The molecule has 2 heterocycles. The number of nitrogens with two attached hydrogens (primary N) is 2. The topological polar surface area (TPSA) is 119 Å². The van der Waals surface area contributed by atoms with E-state index in [0.29, 0.717) is 17.0 Å². The van der Waals surface area contributed by atoms with Crippen LogP contribution in [-0.2, 0) is 0 Å². The first-order valence-corrected chi connectivity index (χ1v) is 7.72. The summed E-state index contributed by atoms with van der Waals surface area (Å²) in [5, 5.41) is 5.58. The lowest BCUT2D eigenvalue weighted by molar-refractivity contribution is 0.0958. The third-order valence-electron chi connectivity index (χ3n) is 3.73. The highest BCUT2D eigenvalue weighted by molar-refractivity contribution is 5.93. The van der Waals surface area contributed by atoms with Crippen molar-refractivity contribution in [3.8, 4) is 0 Å². The molecule has 2 aromatic heterocycles. The van der Waals surface area contributed by atoms with Gasteiger partial charge in [-0.05, 0) is 42.3 Å². The van der Waals surface area contributed by atoms with Crippen LogP contribution in [0.15, 0.2) is 42.9 Å². The average molecular weight is 338 g/mol. The van der Waals surface area contributed by atoms with E-state index in [2.05, 4.69) is 20.6 Å². The van der Waals surface area contributed by atoms with Crippen LogP contribution in [0.2, 0.25) is 0 Å². The largest absolute Gasteiger partial charge is 0.404 e. The Labute approximate surface area is 146 Å². The number of nitrogens with one attached hydrogen (secondary N) is 2. The summed E-state index contributed by atoms with van der Waals surface area (Å²) in [7, 11) is 3.37. The Hall–Kier alpha value is -3.35. The van der Waals surface area contributed by atoms with Crippen LogP contribution < -0.4 is 22.1 Å². The highest BCUT2D eigenvalue weighted by Gasteiger charge is 2.09. The van der Waals surface area contributed by atoms with Crippen molar-refractivity contribution < 1.29 is 4.79 Å². The average Bonchev–Trinajstić information content (AvgIpc) is 2.65. The number of rotatable bonds is 5. The second kappa shape index (κ2) is 7.96. The lowest BCUT2D eigenvalue weighted by Crippen LogP contribution is -2.19. The fourth-order valence-corrected chi connectivity index (χ4v) is 2.30. The van der Waals surface area contributed by atoms with Gasteiger partial charge in [0, 0.05) is 43.4 Å². The van der Waals surface area contributed by atoms with Crippen LogP contribution in [-0.4, -0.2) is 30.0 Å². The Morgan fingerprint density at radius 1 is 1.24 bits per heavy atom. The number of aryl methyl sites for hydroxylation is 1. The van der Waals surface area contributed by atoms with Crippen LogP contribution in [0, 0.1) is 6.92 Å². The SMILES string of the molecule is CNC(=O)c1cc(C(/C=C(\N)c2cc(NC)cnc2C)=C/N)ccn1. The number of carbonyl (C=O) groups is 1. The predicted octanol–water partition coefficient (Wildman–Crippen LogP) is 1.49. The van der Waals surface area contributed by atoms with Crippen molar-refractivity contribution in [2.24, 2.45) is 11.5 Å². The summed E-state index contributed by atoms with van der Waals surface area (Å²) in [4.78, 5) is 20.1. The highest BCUT2D eigenvalue weighted by atomic mass is 16.1. The Balaban J connectivity index is 2.42. The minimum Gasteiger partial charge on any atom is -0.404 e. The van der Waals surface area contributed by atoms with E-state index >= 15 is 0 Å². The molecule has 7 heteroatoms. The standard InChI is InChI=1S/C18H22N6O/c1-11-15(8-14(21-2)10-24-11)16(20)6-13(9-19)12-4-5-23-17(7-12)18(25)22-3/h4-10,21H,19-20H2,1-3H3,(H,22,25)/b13-9+,16-6-. The van der Waals surface area contributed by atoms with Gasteiger partial charge in [-0.2, -0.15) is 0 Å². The van der Waals surface area contributed by atoms with Crippen molar-refractivity contribution in [2.75, 3.05) is 19.4 Å². The first-order valence-electron chi connectivity index (χ1n) is 7.72. The molecule has 2 rings (SSSR count). The smallest absolute Gasteiger partial charge is 0.269 e. The molecule has 6 N–H and O–H groups in total. The van der Waals surface area contributed by atoms with Crippen molar-refractivity contribution in [1.82, 2.24) is 15.3 Å². The summed E-state index contributed by atoms with van der Waals surface area (Å²) in [6.07, 6.45) is 6.50. The van der Waals surface area contributed by atoms with E-state index in [1.807, 2.05) is 20.0 Å². The third kappa shape index (κ3) is 4.14. The second-order valence-corrected chi connectivity index (χ2v) is 5.34. The molecule has 0 unspecified atom stereocenters. The van der Waals surface area contributed by atoms with Gasteiger partial charge in [0.05, 0.1) is 11.9 Å². The van der Waals surface area contributed by atoms with Gasteiger partial charge in [-0.15, -0.1) is 0 Å². The van der Waals surface area contributed by atoms with Crippen molar-refractivity contribution in [3.63, 3.8) is 0 Å². The lowest BCUT2D eigenvalue weighted by Gasteiger charge is -2.10. The second-order valence-electron chi connectivity index (χ2n) is 5.34. The molecular formula is C18H22N6O. The van der Waals surface area contributed by atoms with Crippen LogP contribution in [0.1, 0.15) is 27.3 Å². The van der Waals surface area contributed by atoms with Crippen LogP contribution in [0.5, 0.6) is 0 Å². The molecule has 0 saturated heterocycles. The quantitative estimate of drug-likeness (QED) is 0.613. The number of pyridine rings is 2. The summed E-state index contributed by atoms with van der Waals surface area (Å²) in [5.74, 6) is -0.267. The van der Waals surface area contributed by atoms with Crippen LogP contribution in [0.4, 0.5) is 5.69 Å². The molecule has 0 radical (unpaired) electrons. The summed E-state index contributed by atoms with van der Waals surface area (Å²) < 4.78 is 0. The van der Waals surface area contributed by atoms with Gasteiger partial charge in [0.15, 0.2) is 0 Å². The van der Waals surface area contributed by atoms with Crippen LogP contribution in [0.25, 0.3) is 11.3 Å². The molecule has 0 aliphatic heterocycles. The van der Waals surface area contributed by atoms with Crippen LogP contribution in [0.3, 0.4) is 0 Å². The molecule has 130 valence electrons. The van der Waals surface area contributed by atoms with Crippen LogP contribution >= 0.6 is 0 Å². The van der Waals surface area contributed by atoms with Gasteiger partial charge in [0.25, 0.3) is 5.91 Å². The van der Waals surface area contributed by atoms with E-state index in [9.17, 15) is 4.79 Å². The van der Waals surface area contributed by atoms with Crippen molar-refractivity contribution >= 4 is 22.9 Å². The Kier molecular flexibility index (Phi) is 5.73. The molecule has 0 fully saturated rings. The molecule has 0 spiro atoms. The molecule has 2 aromatic rings. The van der Waals surface area contributed by atoms with E-state index in [-0.39, 0.29) is 5.91 Å². The summed E-state index contributed by atoms with van der Waals surface area (Å²) in [5.41, 5.74) is 16.8. The minimum atomic E-state index is -0.267. The Morgan fingerprint density at radius 2 is 2.00 bits per heavy atom. The Bertz CT molecular complexity index is 841. The summed E-state index contributed by atoms with van der Waals surface area (Å²) in [6.45, 7) is 1.89. The molecule has 0 bridgehead atoms. The van der Waals surface area contributed by atoms with Gasteiger partial charge < -0.3 is 22.1 Å². The third-order valence-corrected chi connectivity index (χ3v) is 3.73. The van der Waals surface area contributed by atoms with Gasteiger partial charge in [0.2, 0.25) is 0 Å². The zero-order valence-corrected chi connectivity index (χ0v) is 14.5. The molecule has 0 saturated carbocycles. The molecule has 1 amide bonds. The van der Waals surface area contributed by atoms with E-state index in [1.54, 1.807) is 37.7 Å². The maximum absolute atomic E-state index is 11.8. The van der Waals surface area contributed by atoms with Gasteiger partial charge in [0.1, 0.15) is 5.69 Å². The zero-order valence-electron chi connectivity index (χ0n) is 14.5. The van der Waals surface area contributed by atoms with E-state index in [0.717, 1.165) is 22.5 Å². The number of nitrogens with zero attached hydrogens (tertiary/aromatic N) is 2. The summed E-state index contributed by atoms with van der Waals surface area (Å²) >= 11 is 0. The molecular weight excluding hydrogens is 316 g/mol. The zero-order chi connectivity index (χ0) is 18.4. The van der Waals surface area contributed by atoms with Gasteiger partial charge in [-0.25, -0.2) is 0 Å². The molecule has 0 aliphatic carbocycles. The fourth-order valence-electron chi connectivity index (χ4n) is 2.30. The molecule has 25 heavy (non-hydrogen) atoms.